The number of carbonyl (C=O) groups is 1. The molecule has 1 amide bonds. The summed E-state index contributed by atoms with van der Waals surface area (Å²) in [5.41, 5.74) is 2.46. The number of halogens is 3. The number of aryl methyl sites for hydroxylation is 2. The lowest BCUT2D eigenvalue weighted by Crippen LogP contribution is -2.16. The minimum atomic E-state index is -4.67. The molecule has 0 saturated heterocycles. The van der Waals surface area contributed by atoms with Gasteiger partial charge in [-0.2, -0.15) is 18.2 Å². The first-order valence-corrected chi connectivity index (χ1v) is 10.3. The molecule has 34 heavy (non-hydrogen) atoms. The third kappa shape index (κ3) is 5.11. The minimum Gasteiger partial charge on any atom is -0.485 e. The van der Waals surface area contributed by atoms with Gasteiger partial charge < -0.3 is 10.1 Å². The first kappa shape index (κ1) is 23.1. The van der Waals surface area contributed by atoms with Crippen LogP contribution in [0.2, 0.25) is 0 Å². The lowest BCUT2D eigenvalue weighted by atomic mass is 10.1. The standard InChI is InChI=1S/C22H20F3N7O2/c1-13-16(14(2)32-21(28-13)30-20(31-32)22(23,24)25)5-6-18(33)29-19-17(4-3-9-27-19)34-12-15-7-10-26-11-8-15/h3-4,7-11H,5-6,12H2,1-2H3,(H,27,29,33). The van der Waals surface area contributed by atoms with Gasteiger partial charge in [-0.25, -0.2) is 14.5 Å². The van der Waals surface area contributed by atoms with Crippen molar-refractivity contribution in [1.29, 1.82) is 0 Å². The van der Waals surface area contributed by atoms with E-state index in [1.807, 2.05) is 12.1 Å². The number of rotatable bonds is 7. The lowest BCUT2D eigenvalue weighted by Gasteiger charge is -2.12. The molecule has 4 aromatic rings. The summed E-state index contributed by atoms with van der Waals surface area (Å²) < 4.78 is 45.7. The Morgan fingerprint density at radius 1 is 1.12 bits per heavy atom. The molecule has 0 radical (unpaired) electrons. The van der Waals surface area contributed by atoms with Gasteiger partial charge in [0, 0.05) is 36.4 Å². The molecule has 0 aliphatic rings. The molecule has 0 bridgehead atoms. The molecule has 0 atom stereocenters. The van der Waals surface area contributed by atoms with Crippen molar-refractivity contribution in [2.24, 2.45) is 0 Å². The first-order valence-electron chi connectivity index (χ1n) is 10.3. The predicted octanol–water partition coefficient (Wildman–Crippen LogP) is 3.70. The second kappa shape index (κ2) is 9.41. The molecule has 12 heteroatoms. The SMILES string of the molecule is Cc1nc2nc(C(F)(F)F)nn2c(C)c1CCC(=O)Nc1ncccc1OCc1ccncc1. The topological polar surface area (TPSA) is 107 Å². The van der Waals surface area contributed by atoms with Crippen LogP contribution in [-0.4, -0.2) is 35.5 Å². The summed E-state index contributed by atoms with van der Waals surface area (Å²) in [6.07, 6.45) is 0.468. The average Bonchev–Trinajstić information content (AvgIpc) is 3.24. The highest BCUT2D eigenvalue weighted by Crippen LogP contribution is 2.27. The van der Waals surface area contributed by atoms with Gasteiger partial charge in [-0.1, -0.05) is 0 Å². The van der Waals surface area contributed by atoms with Crippen LogP contribution in [0.5, 0.6) is 5.75 Å². The fourth-order valence-electron chi connectivity index (χ4n) is 3.36. The number of ether oxygens (including phenoxy) is 1. The summed E-state index contributed by atoms with van der Waals surface area (Å²) in [7, 11) is 0. The van der Waals surface area contributed by atoms with Crippen molar-refractivity contribution < 1.29 is 22.7 Å². The maximum absolute atomic E-state index is 13.0. The highest BCUT2D eigenvalue weighted by molar-refractivity contribution is 5.91. The van der Waals surface area contributed by atoms with Crippen molar-refractivity contribution in [2.75, 3.05) is 5.32 Å². The molecule has 4 heterocycles. The van der Waals surface area contributed by atoms with Crippen LogP contribution in [-0.2, 0) is 24.0 Å². The van der Waals surface area contributed by atoms with Crippen molar-refractivity contribution in [2.45, 2.75) is 39.5 Å². The fraction of sp³-hybridized carbons (Fsp3) is 0.273. The van der Waals surface area contributed by atoms with E-state index in [0.29, 0.717) is 22.7 Å². The molecule has 0 spiro atoms. The third-order valence-corrected chi connectivity index (χ3v) is 5.08. The summed E-state index contributed by atoms with van der Waals surface area (Å²) in [5, 5.41) is 6.25. The van der Waals surface area contributed by atoms with Crippen LogP contribution in [0.3, 0.4) is 0 Å². The molecule has 0 aliphatic carbocycles. The van der Waals surface area contributed by atoms with Gasteiger partial charge in [0.1, 0.15) is 6.61 Å². The number of alkyl halides is 3. The van der Waals surface area contributed by atoms with Gasteiger partial charge in [-0.05, 0) is 55.7 Å². The van der Waals surface area contributed by atoms with Crippen molar-refractivity contribution in [3.05, 3.63) is 71.2 Å². The van der Waals surface area contributed by atoms with Gasteiger partial charge in [-0.3, -0.25) is 9.78 Å². The highest BCUT2D eigenvalue weighted by atomic mass is 19.4. The predicted molar refractivity (Wildman–Crippen MR) is 115 cm³/mol. The van der Waals surface area contributed by atoms with Crippen LogP contribution in [0.25, 0.3) is 5.78 Å². The average molecular weight is 471 g/mol. The number of fused-ring (bicyclic) bond motifs is 1. The zero-order chi connectivity index (χ0) is 24.3. The number of hydrogen-bond donors (Lipinski definition) is 1. The molecule has 4 aromatic heterocycles. The third-order valence-electron chi connectivity index (χ3n) is 5.08. The Morgan fingerprint density at radius 2 is 1.88 bits per heavy atom. The van der Waals surface area contributed by atoms with Crippen molar-refractivity contribution in [1.82, 2.24) is 29.5 Å². The summed E-state index contributed by atoms with van der Waals surface area (Å²) in [4.78, 5) is 28.3. The van der Waals surface area contributed by atoms with E-state index in [2.05, 4.69) is 30.4 Å². The van der Waals surface area contributed by atoms with E-state index in [1.165, 1.54) is 6.20 Å². The Hall–Kier alpha value is -4.09. The number of pyridine rings is 2. The summed E-state index contributed by atoms with van der Waals surface area (Å²) >= 11 is 0. The molecule has 4 rings (SSSR count). The number of anilines is 1. The van der Waals surface area contributed by atoms with Crippen LogP contribution in [0.1, 0.15) is 34.8 Å². The van der Waals surface area contributed by atoms with Gasteiger partial charge in [0.2, 0.25) is 5.91 Å². The van der Waals surface area contributed by atoms with Crippen molar-refractivity contribution >= 4 is 17.5 Å². The molecule has 176 valence electrons. The van der Waals surface area contributed by atoms with Crippen LogP contribution in [0.15, 0.2) is 42.9 Å². The number of aromatic nitrogens is 6. The van der Waals surface area contributed by atoms with Crippen LogP contribution in [0.4, 0.5) is 19.0 Å². The Morgan fingerprint density at radius 3 is 2.62 bits per heavy atom. The van der Waals surface area contributed by atoms with E-state index in [-0.39, 0.29) is 37.0 Å². The zero-order valence-electron chi connectivity index (χ0n) is 18.3. The minimum absolute atomic E-state index is 0.0516. The number of nitrogens with zero attached hydrogens (tertiary/aromatic N) is 6. The quantitative estimate of drug-likeness (QED) is 0.438. The molecule has 0 fully saturated rings. The maximum Gasteiger partial charge on any atom is 0.453 e. The van der Waals surface area contributed by atoms with E-state index < -0.39 is 12.0 Å². The van der Waals surface area contributed by atoms with Crippen molar-refractivity contribution in [3.63, 3.8) is 0 Å². The Labute approximate surface area is 192 Å². The van der Waals surface area contributed by atoms with Gasteiger partial charge in [0.25, 0.3) is 11.6 Å². The summed E-state index contributed by atoms with van der Waals surface area (Å²) in [6, 6.07) is 7.02. The van der Waals surface area contributed by atoms with E-state index in [4.69, 9.17) is 4.74 Å². The fourth-order valence-corrected chi connectivity index (χ4v) is 3.36. The number of amides is 1. The first-order chi connectivity index (χ1) is 16.2. The smallest absolute Gasteiger partial charge is 0.453 e. The number of carbonyl (C=O) groups excluding carboxylic acids is 1. The normalized spacial score (nSPS) is 11.6. The van der Waals surface area contributed by atoms with E-state index >= 15 is 0 Å². The Kier molecular flexibility index (Phi) is 6.39. The van der Waals surface area contributed by atoms with Gasteiger partial charge in [0.05, 0.1) is 0 Å². The van der Waals surface area contributed by atoms with E-state index in [9.17, 15) is 18.0 Å². The second-order valence-corrected chi connectivity index (χ2v) is 7.45. The monoisotopic (exact) mass is 471 g/mol. The van der Waals surface area contributed by atoms with E-state index in [1.54, 1.807) is 38.4 Å². The largest absolute Gasteiger partial charge is 0.485 e. The molecule has 0 aliphatic heterocycles. The summed E-state index contributed by atoms with van der Waals surface area (Å²) in [6.45, 7) is 3.55. The van der Waals surface area contributed by atoms with E-state index in [0.717, 1.165) is 10.1 Å². The zero-order valence-corrected chi connectivity index (χ0v) is 18.3. The second-order valence-electron chi connectivity index (χ2n) is 7.45. The van der Waals surface area contributed by atoms with Crippen molar-refractivity contribution in [3.8, 4) is 5.75 Å². The maximum atomic E-state index is 13.0. The molecule has 0 aromatic carbocycles. The highest BCUT2D eigenvalue weighted by Gasteiger charge is 2.37. The molecule has 0 unspecified atom stereocenters. The Balaban J connectivity index is 1.44. The van der Waals surface area contributed by atoms with Crippen LogP contribution >= 0.6 is 0 Å². The van der Waals surface area contributed by atoms with Crippen LogP contribution < -0.4 is 10.1 Å². The molecular formula is C22H20F3N7O2. The van der Waals surface area contributed by atoms with Gasteiger partial charge >= 0.3 is 6.18 Å². The number of nitrogens with one attached hydrogen (secondary N) is 1. The van der Waals surface area contributed by atoms with Gasteiger partial charge in [0.15, 0.2) is 11.6 Å². The number of hydrogen-bond acceptors (Lipinski definition) is 7. The molecule has 1 N–H and O–H groups in total. The Bertz CT molecular complexity index is 1320. The van der Waals surface area contributed by atoms with Gasteiger partial charge in [-0.15, -0.1) is 5.10 Å². The molecule has 0 saturated carbocycles. The lowest BCUT2D eigenvalue weighted by molar-refractivity contribution is -0.144. The molecular weight excluding hydrogens is 451 g/mol. The summed E-state index contributed by atoms with van der Waals surface area (Å²) in [5.74, 6) is -1.05. The van der Waals surface area contributed by atoms with Crippen LogP contribution in [0, 0.1) is 13.8 Å². The molecule has 9 nitrogen and oxygen atoms in total.